The van der Waals surface area contributed by atoms with Crippen LogP contribution in [0.5, 0.6) is 0 Å². The average Bonchev–Trinajstić information content (AvgIpc) is 2.15. The Morgan fingerprint density at radius 3 is 2.40 bits per heavy atom. The molecule has 0 fully saturated rings. The summed E-state index contributed by atoms with van der Waals surface area (Å²) in [5.74, 6) is 4.07. The summed E-state index contributed by atoms with van der Waals surface area (Å²) in [5, 5.41) is -0.298. The highest BCUT2D eigenvalue weighted by Crippen LogP contribution is 2.31. The lowest BCUT2D eigenvalue weighted by Crippen LogP contribution is -2.30. The smallest absolute Gasteiger partial charge is 0.290 e. The summed E-state index contributed by atoms with van der Waals surface area (Å²) in [6.45, 7) is 0. The van der Waals surface area contributed by atoms with Gasteiger partial charge in [0.2, 0.25) is 0 Å². The van der Waals surface area contributed by atoms with Gasteiger partial charge in [0.05, 0.1) is 16.1 Å². The van der Waals surface area contributed by atoms with E-state index < -0.39 is 17.6 Å². The summed E-state index contributed by atoms with van der Waals surface area (Å²) < 4.78 is 36.6. The Morgan fingerprint density at radius 1 is 1.40 bits per heavy atom. The van der Waals surface area contributed by atoms with Gasteiger partial charge in [0, 0.05) is 0 Å². The summed E-state index contributed by atoms with van der Waals surface area (Å²) in [6, 6.07) is 2.40. The second-order valence-electron chi connectivity index (χ2n) is 2.67. The first-order chi connectivity index (χ1) is 6.86. The summed E-state index contributed by atoms with van der Waals surface area (Å²) in [6.07, 6.45) is -4.48. The molecule has 1 rings (SSSR count). The third-order valence-electron chi connectivity index (χ3n) is 1.67. The number of alkyl halides is 3. The van der Waals surface area contributed by atoms with Crippen molar-refractivity contribution in [3.8, 4) is 0 Å². The number of rotatable bonds is 1. The maximum atomic E-state index is 12.2. The van der Waals surface area contributed by atoms with E-state index in [0.29, 0.717) is 6.07 Å². The lowest BCUT2D eigenvalue weighted by molar-refractivity contribution is -0.137. The van der Waals surface area contributed by atoms with E-state index in [9.17, 15) is 18.0 Å². The van der Waals surface area contributed by atoms with Crippen LogP contribution in [0, 0.1) is 0 Å². The molecule has 0 atom stereocenters. The fraction of sp³-hybridized carbons (Fsp3) is 0.125. The fourth-order valence-corrected chi connectivity index (χ4v) is 1.22. The highest BCUT2D eigenvalue weighted by atomic mass is 35.5. The van der Waals surface area contributed by atoms with Crippen LogP contribution >= 0.6 is 11.6 Å². The molecule has 15 heavy (non-hydrogen) atoms. The highest BCUT2D eigenvalue weighted by molar-refractivity contribution is 6.33. The van der Waals surface area contributed by atoms with Crippen LogP contribution in [0.4, 0.5) is 13.2 Å². The molecule has 1 aromatic rings. The first kappa shape index (κ1) is 11.8. The zero-order valence-electron chi connectivity index (χ0n) is 7.23. The van der Waals surface area contributed by atoms with Gasteiger partial charge in [-0.1, -0.05) is 11.6 Å². The largest absolute Gasteiger partial charge is 0.416 e. The van der Waals surface area contributed by atoms with E-state index in [1.54, 1.807) is 5.43 Å². The van der Waals surface area contributed by atoms with Crippen molar-refractivity contribution in [1.29, 1.82) is 0 Å². The molecule has 3 N–H and O–H groups in total. The number of amides is 1. The zero-order valence-corrected chi connectivity index (χ0v) is 7.99. The molecule has 1 aromatic carbocycles. The number of nitrogens with one attached hydrogen (secondary N) is 1. The van der Waals surface area contributed by atoms with Crippen molar-refractivity contribution in [2.24, 2.45) is 5.84 Å². The van der Waals surface area contributed by atoms with Crippen molar-refractivity contribution in [3.63, 3.8) is 0 Å². The minimum atomic E-state index is -4.48. The molecule has 0 saturated heterocycles. The summed E-state index contributed by atoms with van der Waals surface area (Å²) >= 11 is 5.49. The van der Waals surface area contributed by atoms with Crippen molar-refractivity contribution in [2.45, 2.75) is 6.18 Å². The number of halogens is 4. The lowest BCUT2D eigenvalue weighted by Gasteiger charge is -2.08. The number of benzene rings is 1. The average molecular weight is 239 g/mol. The standard InChI is InChI=1S/C8H6ClF3N2O/c9-6-3-4(8(10,11)12)1-2-5(6)7(15)14-13/h1-3H,13H2,(H,14,15). The maximum Gasteiger partial charge on any atom is 0.416 e. The second kappa shape index (κ2) is 4.08. The van der Waals surface area contributed by atoms with Gasteiger partial charge in [-0.3, -0.25) is 10.2 Å². The van der Waals surface area contributed by atoms with Crippen LogP contribution in [0.2, 0.25) is 5.02 Å². The topological polar surface area (TPSA) is 55.1 Å². The molecule has 0 aliphatic heterocycles. The summed E-state index contributed by atoms with van der Waals surface area (Å²) in [4.78, 5) is 11.0. The molecule has 82 valence electrons. The van der Waals surface area contributed by atoms with E-state index in [1.165, 1.54) is 0 Å². The molecule has 0 bridgehead atoms. The van der Waals surface area contributed by atoms with Crippen LogP contribution < -0.4 is 11.3 Å². The van der Waals surface area contributed by atoms with Crippen molar-refractivity contribution < 1.29 is 18.0 Å². The number of carbonyl (C=O) groups is 1. The quantitative estimate of drug-likeness (QED) is 0.446. The first-order valence-corrected chi connectivity index (χ1v) is 4.11. The highest BCUT2D eigenvalue weighted by Gasteiger charge is 2.31. The first-order valence-electron chi connectivity index (χ1n) is 3.74. The monoisotopic (exact) mass is 238 g/mol. The molecule has 1 amide bonds. The molecule has 0 aliphatic rings. The third kappa shape index (κ3) is 2.60. The van der Waals surface area contributed by atoms with Crippen molar-refractivity contribution in [2.75, 3.05) is 0 Å². The Balaban J connectivity index is 3.15. The van der Waals surface area contributed by atoms with Gasteiger partial charge >= 0.3 is 6.18 Å². The molecule has 0 spiro atoms. The van der Waals surface area contributed by atoms with E-state index in [4.69, 9.17) is 17.4 Å². The molecule has 0 aliphatic carbocycles. The third-order valence-corrected chi connectivity index (χ3v) is 1.98. The molecule has 0 unspecified atom stereocenters. The number of hydrazine groups is 1. The summed E-state index contributed by atoms with van der Waals surface area (Å²) in [7, 11) is 0. The van der Waals surface area contributed by atoms with Gasteiger partial charge in [0.1, 0.15) is 0 Å². The van der Waals surface area contributed by atoms with Crippen LogP contribution in [-0.4, -0.2) is 5.91 Å². The van der Waals surface area contributed by atoms with Crippen molar-refractivity contribution in [3.05, 3.63) is 34.3 Å². The number of nitrogens with two attached hydrogens (primary N) is 1. The van der Waals surface area contributed by atoms with Crippen LogP contribution in [0.15, 0.2) is 18.2 Å². The molecule has 0 radical (unpaired) electrons. The van der Waals surface area contributed by atoms with Crippen LogP contribution in [0.1, 0.15) is 15.9 Å². The van der Waals surface area contributed by atoms with Crippen LogP contribution in [0.25, 0.3) is 0 Å². The van der Waals surface area contributed by atoms with E-state index in [-0.39, 0.29) is 10.6 Å². The predicted octanol–water partition coefficient (Wildman–Crippen LogP) is 1.96. The van der Waals surface area contributed by atoms with Crippen LogP contribution in [0.3, 0.4) is 0 Å². The fourth-order valence-electron chi connectivity index (χ4n) is 0.953. The van der Waals surface area contributed by atoms with Gasteiger partial charge < -0.3 is 0 Å². The molecule has 0 heterocycles. The Hall–Kier alpha value is -1.27. The number of hydrogen-bond acceptors (Lipinski definition) is 2. The number of carbonyl (C=O) groups excluding carboxylic acids is 1. The van der Waals surface area contributed by atoms with Gasteiger partial charge in [-0.05, 0) is 18.2 Å². The van der Waals surface area contributed by atoms with Gasteiger partial charge in [-0.2, -0.15) is 13.2 Å². The molecule has 7 heteroatoms. The molecule has 0 aromatic heterocycles. The Morgan fingerprint density at radius 2 is 2.00 bits per heavy atom. The molecular weight excluding hydrogens is 233 g/mol. The Kier molecular flexibility index (Phi) is 3.21. The van der Waals surface area contributed by atoms with Crippen molar-refractivity contribution >= 4 is 17.5 Å². The van der Waals surface area contributed by atoms with E-state index in [2.05, 4.69) is 0 Å². The van der Waals surface area contributed by atoms with Crippen molar-refractivity contribution in [1.82, 2.24) is 5.43 Å². The number of nitrogen functional groups attached to an aromatic ring is 1. The maximum absolute atomic E-state index is 12.2. The zero-order chi connectivity index (χ0) is 11.6. The lowest BCUT2D eigenvalue weighted by atomic mass is 10.1. The minimum Gasteiger partial charge on any atom is -0.290 e. The number of hydrogen-bond donors (Lipinski definition) is 2. The van der Waals surface area contributed by atoms with Gasteiger partial charge in [0.25, 0.3) is 5.91 Å². The SMILES string of the molecule is NNC(=O)c1ccc(C(F)(F)F)cc1Cl. The van der Waals surface area contributed by atoms with E-state index in [0.717, 1.165) is 12.1 Å². The minimum absolute atomic E-state index is 0.104. The Bertz CT molecular complexity index is 392. The summed E-state index contributed by atoms with van der Waals surface area (Å²) in [5.41, 5.74) is 0.756. The second-order valence-corrected chi connectivity index (χ2v) is 3.07. The van der Waals surface area contributed by atoms with E-state index >= 15 is 0 Å². The van der Waals surface area contributed by atoms with Gasteiger partial charge in [-0.15, -0.1) is 0 Å². The Labute approximate surface area is 88.0 Å². The normalized spacial score (nSPS) is 11.3. The van der Waals surface area contributed by atoms with Crippen LogP contribution in [-0.2, 0) is 6.18 Å². The predicted molar refractivity (Wildman–Crippen MR) is 48.1 cm³/mol. The molecule has 0 saturated carbocycles. The molecule has 3 nitrogen and oxygen atoms in total. The van der Waals surface area contributed by atoms with E-state index in [1.807, 2.05) is 0 Å². The van der Waals surface area contributed by atoms with Gasteiger partial charge in [0.15, 0.2) is 0 Å². The van der Waals surface area contributed by atoms with Gasteiger partial charge in [-0.25, -0.2) is 5.84 Å². The molecular formula is C8H6ClF3N2O.